The lowest BCUT2D eigenvalue weighted by molar-refractivity contribution is -0.509. The van der Waals surface area contributed by atoms with Gasteiger partial charge in [0, 0.05) is 53.2 Å². The zero-order valence-corrected chi connectivity index (χ0v) is 34.8. The second-order valence-electron chi connectivity index (χ2n) is 19.2. The smallest absolute Gasteiger partial charge is 0.333 e. The maximum Gasteiger partial charge on any atom is 0.333 e. The van der Waals surface area contributed by atoms with Crippen molar-refractivity contribution in [3.05, 3.63) is 46.6 Å². The van der Waals surface area contributed by atoms with Gasteiger partial charge in [0.2, 0.25) is 5.79 Å². The Morgan fingerprint density at radius 2 is 1.85 bits per heavy atom. The summed E-state index contributed by atoms with van der Waals surface area (Å²) in [5, 5.41) is 74.6. The maximum absolute atomic E-state index is 13.5. The van der Waals surface area contributed by atoms with Crippen LogP contribution in [0.4, 0.5) is 0 Å². The lowest BCUT2D eigenvalue weighted by Gasteiger charge is -2.75. The topological polar surface area (TPSA) is 208 Å². The minimum atomic E-state index is -2.38. The average Bonchev–Trinajstić information content (AvgIpc) is 3.93. The van der Waals surface area contributed by atoms with Crippen molar-refractivity contribution in [2.45, 2.75) is 150 Å². The van der Waals surface area contributed by atoms with Gasteiger partial charge >= 0.3 is 11.9 Å². The molecule has 0 unspecified atom stereocenters. The van der Waals surface area contributed by atoms with Crippen LogP contribution in [0.3, 0.4) is 0 Å². The van der Waals surface area contributed by atoms with Crippen LogP contribution in [0, 0.1) is 46.8 Å². The van der Waals surface area contributed by atoms with Gasteiger partial charge in [-0.05, 0) is 74.3 Å². The normalized spacial score (nSPS) is 40.7. The minimum Gasteiger partial charge on any atom is -0.481 e. The van der Waals surface area contributed by atoms with E-state index in [-0.39, 0.29) is 49.7 Å². The van der Waals surface area contributed by atoms with E-state index in [0.717, 1.165) is 29.1 Å². The van der Waals surface area contributed by atoms with Crippen molar-refractivity contribution in [2.24, 2.45) is 35.0 Å². The Labute approximate surface area is 350 Å². The molecule has 60 heavy (non-hydrogen) atoms. The molecular formula is C47H61NO12. The number of carboxylic acids is 1. The lowest BCUT2D eigenvalue weighted by atomic mass is 9.44. The van der Waals surface area contributed by atoms with Gasteiger partial charge in [0.15, 0.2) is 16.8 Å². The largest absolute Gasteiger partial charge is 0.481 e. The molecule has 2 saturated heterocycles. The van der Waals surface area contributed by atoms with Crippen molar-refractivity contribution in [3.63, 3.8) is 0 Å². The van der Waals surface area contributed by atoms with Gasteiger partial charge in [-0.15, -0.1) is 12.5 Å². The highest BCUT2D eigenvalue weighted by Gasteiger charge is 2.88. The Bertz CT molecular complexity index is 2140. The van der Waals surface area contributed by atoms with Crippen molar-refractivity contribution in [2.75, 3.05) is 20.3 Å². The number of aliphatic hydroxyl groups excluding tert-OH is 4. The Hall–Kier alpha value is -3.48. The fraction of sp³-hybridized carbons (Fsp3) is 0.702. The molecule has 3 saturated carbocycles. The number of carboxylic acid groups (broad SMARTS) is 1. The molecule has 0 amide bonds. The molecule has 9 rings (SSSR count). The van der Waals surface area contributed by atoms with Crippen LogP contribution in [0.1, 0.15) is 115 Å². The molecule has 0 aromatic carbocycles. The van der Waals surface area contributed by atoms with E-state index in [1.165, 1.54) is 32.4 Å². The van der Waals surface area contributed by atoms with Crippen molar-refractivity contribution >= 4 is 23.3 Å². The molecular weight excluding hydrogens is 771 g/mol. The maximum atomic E-state index is 13.5. The second kappa shape index (κ2) is 15.1. The first kappa shape index (κ1) is 41.9. The van der Waals surface area contributed by atoms with Gasteiger partial charge in [0.05, 0.1) is 37.5 Å². The number of fused-ring (bicyclic) bond motifs is 6. The number of H-pyrrole nitrogens is 1. The van der Waals surface area contributed by atoms with Crippen LogP contribution in [0.5, 0.6) is 0 Å². The number of rotatable bonds is 10. The highest BCUT2D eigenvalue weighted by atomic mass is 16.8. The number of aliphatic hydroxyl groups is 5. The average molecular weight is 832 g/mol. The molecule has 5 heterocycles. The number of carbonyl (C=O) groups excluding carboxylic acids is 1. The van der Waals surface area contributed by atoms with E-state index < -0.39 is 89.0 Å². The quantitative estimate of drug-likeness (QED) is 0.103. The van der Waals surface area contributed by atoms with Crippen molar-refractivity contribution in [3.8, 4) is 11.8 Å². The number of methoxy groups -OCH3 is 1. The van der Waals surface area contributed by atoms with Gasteiger partial charge in [-0.1, -0.05) is 57.1 Å². The van der Waals surface area contributed by atoms with E-state index in [9.17, 15) is 40.2 Å². The first-order chi connectivity index (χ1) is 28.8. The second-order valence-corrected chi connectivity index (χ2v) is 19.2. The number of ether oxygens (including phenoxy) is 4. The first-order valence-corrected chi connectivity index (χ1v) is 22.3. The molecule has 4 aliphatic heterocycles. The molecule has 0 radical (unpaired) electrons. The summed E-state index contributed by atoms with van der Waals surface area (Å²) in [5.74, 6) is 0.740. The van der Waals surface area contributed by atoms with Crippen LogP contribution >= 0.6 is 0 Å². The first-order valence-electron chi connectivity index (χ1n) is 22.3. The third-order valence-electron chi connectivity index (χ3n) is 16.5. The van der Waals surface area contributed by atoms with Crippen molar-refractivity contribution in [1.29, 1.82) is 0 Å². The molecule has 13 nitrogen and oxygen atoms in total. The third-order valence-corrected chi connectivity index (χ3v) is 16.5. The standard InChI is InChI=1S/C47H61NO12/c1-4-29-31(23-38(51)52)30(40(53)57-3)15-16-35(29)59-47-41(54)43(18-8-9-19-43)37-14-10-11-27(24-49)21-36-39-32(22-34(48-39)26(2)28-12-6-5-7-13-28)33-17-20-44(47,56)42(55)46(33,58-36)45(37,25-50)60-47/h4,15,22,26-29,31,35,37,41-42,48-50,54-56H,1,5-9,11-13,16-21,23-25H2,2-3H3,(H,51,52)/t26-,27-,29-,31+,35-,37-,41+,42-,44-,45+,46+,47-/m1/s1. The number of aliphatic carboxylic acids is 1. The van der Waals surface area contributed by atoms with Crippen LogP contribution in [0.25, 0.3) is 11.3 Å². The zero-order chi connectivity index (χ0) is 42.4. The molecule has 8 aliphatic rings. The summed E-state index contributed by atoms with van der Waals surface area (Å²) in [6.07, 6.45) is 7.09. The molecule has 1 aromatic rings. The molecule has 5 bridgehead atoms. The number of hydrogen-bond acceptors (Lipinski definition) is 11. The Balaban J connectivity index is 1.28. The highest BCUT2D eigenvalue weighted by Crippen LogP contribution is 2.72. The van der Waals surface area contributed by atoms with Gasteiger partial charge in [0.25, 0.3) is 0 Å². The summed E-state index contributed by atoms with van der Waals surface area (Å²) in [7, 11) is 1.23. The SMILES string of the molecule is C=C[C@@H]1[C@H](CC(=O)O)C(C(=O)OC)=CC[C@H]1O[C@]12O[C@@]3(CO)[C@H](C#CC[C@@H](CO)CC4=c5[nH]c([C@H](C)C6CCCCC6)cc5=C5CC[C@@]1(O)[C@@H](O)[C@@]53O4)C1(CCCC1)[C@@H]2O. The number of esters is 1. The molecule has 12 atom stereocenters. The van der Waals surface area contributed by atoms with E-state index >= 15 is 0 Å². The lowest BCUT2D eigenvalue weighted by Crippen LogP contribution is -2.93. The van der Waals surface area contributed by atoms with Gasteiger partial charge in [0.1, 0.15) is 18.0 Å². The third kappa shape index (κ3) is 5.56. The molecule has 4 aliphatic carbocycles. The number of nitrogens with one attached hydrogen (secondary N) is 1. The fourth-order valence-electron chi connectivity index (χ4n) is 13.5. The van der Waals surface area contributed by atoms with Crippen LogP contribution in [0.15, 0.2) is 30.4 Å². The van der Waals surface area contributed by atoms with Gasteiger partial charge in [-0.2, -0.15) is 0 Å². The van der Waals surface area contributed by atoms with E-state index in [0.29, 0.717) is 49.4 Å². The number of carbonyl (C=O) groups is 2. The minimum absolute atomic E-state index is 0.0394. The van der Waals surface area contributed by atoms with Crippen LogP contribution in [-0.2, 0) is 28.5 Å². The Morgan fingerprint density at radius 1 is 1.10 bits per heavy atom. The summed E-state index contributed by atoms with van der Waals surface area (Å²) in [6.45, 7) is 5.38. The van der Waals surface area contributed by atoms with Gasteiger partial charge in [-0.25, -0.2) is 4.79 Å². The molecule has 326 valence electrons. The predicted molar refractivity (Wildman–Crippen MR) is 216 cm³/mol. The molecule has 2 spiro atoms. The monoisotopic (exact) mass is 831 g/mol. The molecule has 5 fully saturated rings. The van der Waals surface area contributed by atoms with Crippen molar-refractivity contribution < 1.29 is 59.2 Å². The van der Waals surface area contributed by atoms with Crippen LogP contribution in [0.2, 0.25) is 0 Å². The summed E-state index contributed by atoms with van der Waals surface area (Å²) in [5.41, 5.74) is -5.41. The van der Waals surface area contributed by atoms with E-state index in [4.69, 9.17) is 18.9 Å². The summed E-state index contributed by atoms with van der Waals surface area (Å²) in [6, 6.07) is 2.16. The van der Waals surface area contributed by atoms with Crippen LogP contribution in [-0.4, -0.2) is 109 Å². The highest BCUT2D eigenvalue weighted by molar-refractivity contribution is 5.90. The molecule has 1 aromatic heterocycles. The van der Waals surface area contributed by atoms with Crippen LogP contribution < -0.4 is 10.6 Å². The van der Waals surface area contributed by atoms with E-state index in [2.05, 4.69) is 36.4 Å². The van der Waals surface area contributed by atoms with Gasteiger partial charge in [-0.3, -0.25) is 4.79 Å². The van der Waals surface area contributed by atoms with E-state index in [1.807, 2.05) is 0 Å². The molecule has 7 N–H and O–H groups in total. The fourth-order valence-corrected chi connectivity index (χ4v) is 13.5. The predicted octanol–water partition coefficient (Wildman–Crippen LogP) is 2.81. The summed E-state index contributed by atoms with van der Waals surface area (Å²) in [4.78, 5) is 29.0. The Kier molecular flexibility index (Phi) is 10.5. The number of aromatic amines is 1. The van der Waals surface area contributed by atoms with Crippen molar-refractivity contribution in [1.82, 2.24) is 4.98 Å². The summed E-state index contributed by atoms with van der Waals surface area (Å²) < 4.78 is 26.8. The number of aromatic nitrogens is 1. The summed E-state index contributed by atoms with van der Waals surface area (Å²) >= 11 is 0. The van der Waals surface area contributed by atoms with E-state index in [1.54, 1.807) is 6.08 Å². The zero-order valence-electron chi connectivity index (χ0n) is 34.8. The molecule has 13 heteroatoms. The Morgan fingerprint density at radius 3 is 2.52 bits per heavy atom. The van der Waals surface area contributed by atoms with Gasteiger partial charge < -0.3 is 54.6 Å². The number of hydrogen-bond donors (Lipinski definition) is 7.